The molecule has 0 aliphatic heterocycles. The number of aromatic nitrogens is 2. The molecule has 0 radical (unpaired) electrons. The molecule has 5 rings (SSSR count). The molecule has 0 unspecified atom stereocenters. The molecule has 214 valence electrons. The largest absolute Gasteiger partial charge is 0.416 e. The first kappa shape index (κ1) is 28.5. The maximum Gasteiger partial charge on any atom is 0.416 e. The van der Waals surface area contributed by atoms with Gasteiger partial charge in [-0.3, -0.25) is 14.6 Å². The quantitative estimate of drug-likeness (QED) is 0.189. The zero-order valence-electron chi connectivity index (χ0n) is 21.8. The van der Waals surface area contributed by atoms with Crippen LogP contribution in [0.3, 0.4) is 0 Å². The minimum absolute atomic E-state index is 0.0634. The second-order valence-electron chi connectivity index (χ2n) is 9.73. The fourth-order valence-corrected chi connectivity index (χ4v) is 4.88. The summed E-state index contributed by atoms with van der Waals surface area (Å²) in [5.41, 5.74) is 7.28. The van der Waals surface area contributed by atoms with Crippen LogP contribution in [0.5, 0.6) is 0 Å². The van der Waals surface area contributed by atoms with Gasteiger partial charge >= 0.3 is 6.18 Å². The number of nitrogens with one attached hydrogen (secondary N) is 2. The van der Waals surface area contributed by atoms with E-state index >= 15 is 0 Å². The van der Waals surface area contributed by atoms with Gasteiger partial charge in [0, 0.05) is 40.5 Å². The lowest BCUT2D eigenvalue weighted by molar-refractivity contribution is -0.137. The third kappa shape index (κ3) is 6.30. The fraction of sp³-hybridized carbons (Fsp3) is 0.129. The van der Waals surface area contributed by atoms with E-state index in [1.807, 2.05) is 0 Å². The van der Waals surface area contributed by atoms with E-state index in [-0.39, 0.29) is 29.4 Å². The van der Waals surface area contributed by atoms with Crippen molar-refractivity contribution < 1.29 is 31.5 Å². The summed E-state index contributed by atoms with van der Waals surface area (Å²) in [6.07, 6.45) is -1.96. The highest BCUT2D eigenvalue weighted by Crippen LogP contribution is 2.33. The van der Waals surface area contributed by atoms with Gasteiger partial charge in [0.05, 0.1) is 23.7 Å². The zero-order chi connectivity index (χ0) is 30.0. The van der Waals surface area contributed by atoms with Crippen LogP contribution in [0.2, 0.25) is 0 Å². The normalized spacial score (nSPS) is 12.3. The summed E-state index contributed by atoms with van der Waals surface area (Å²) < 4.78 is 68.0. The van der Waals surface area contributed by atoms with Gasteiger partial charge in [0.1, 0.15) is 11.6 Å². The highest BCUT2D eigenvalue weighted by atomic mass is 19.4. The average molecular weight is 579 g/mol. The Balaban J connectivity index is 1.51. The Labute approximate surface area is 236 Å². The van der Waals surface area contributed by atoms with Gasteiger partial charge in [0.25, 0.3) is 0 Å². The lowest BCUT2D eigenvalue weighted by Gasteiger charge is -2.22. The van der Waals surface area contributed by atoms with Crippen LogP contribution in [-0.4, -0.2) is 21.8 Å². The maximum atomic E-state index is 14.1. The van der Waals surface area contributed by atoms with Crippen molar-refractivity contribution in [3.63, 3.8) is 0 Å². The third-order valence-electron chi connectivity index (χ3n) is 6.77. The number of alkyl halides is 3. The van der Waals surface area contributed by atoms with Crippen LogP contribution in [-0.2, 0) is 23.8 Å². The molecular weight excluding hydrogens is 555 g/mol. The Morgan fingerprint density at radius 1 is 0.952 bits per heavy atom. The number of aromatic amines is 1. The van der Waals surface area contributed by atoms with Crippen molar-refractivity contribution in [1.82, 2.24) is 15.3 Å². The molecule has 0 bridgehead atoms. The Bertz CT molecular complexity index is 1780. The van der Waals surface area contributed by atoms with Crippen LogP contribution in [0.25, 0.3) is 22.0 Å². The zero-order valence-corrected chi connectivity index (χ0v) is 21.8. The van der Waals surface area contributed by atoms with E-state index in [0.717, 1.165) is 30.3 Å². The maximum absolute atomic E-state index is 14.1. The van der Waals surface area contributed by atoms with Gasteiger partial charge in [-0.1, -0.05) is 18.2 Å². The Morgan fingerprint density at radius 3 is 2.43 bits per heavy atom. The van der Waals surface area contributed by atoms with Crippen LogP contribution >= 0.6 is 0 Å². The van der Waals surface area contributed by atoms with E-state index < -0.39 is 41.2 Å². The first-order chi connectivity index (χ1) is 20.0. The minimum Gasteiger partial charge on any atom is -0.366 e. The number of carbonyl (C=O) groups is 2. The molecule has 11 heteroatoms. The molecule has 2 aromatic heterocycles. The van der Waals surface area contributed by atoms with Gasteiger partial charge in [0.15, 0.2) is 0 Å². The van der Waals surface area contributed by atoms with Crippen molar-refractivity contribution in [2.24, 2.45) is 5.73 Å². The second-order valence-corrected chi connectivity index (χ2v) is 9.73. The first-order valence-corrected chi connectivity index (χ1v) is 12.7. The van der Waals surface area contributed by atoms with Crippen molar-refractivity contribution >= 4 is 22.7 Å². The number of nitrogens with zero attached hydrogens (tertiary/aromatic N) is 1. The van der Waals surface area contributed by atoms with Crippen molar-refractivity contribution in [2.75, 3.05) is 0 Å². The molecule has 0 spiro atoms. The first-order valence-electron chi connectivity index (χ1n) is 12.7. The molecule has 0 saturated carbocycles. The van der Waals surface area contributed by atoms with Crippen molar-refractivity contribution in [3.8, 4) is 11.1 Å². The number of benzene rings is 3. The molecule has 0 aliphatic rings. The molecule has 1 atom stereocenters. The van der Waals surface area contributed by atoms with Crippen LogP contribution in [0.4, 0.5) is 22.0 Å². The predicted molar refractivity (Wildman–Crippen MR) is 146 cm³/mol. The van der Waals surface area contributed by atoms with E-state index in [4.69, 9.17) is 5.73 Å². The monoisotopic (exact) mass is 578 g/mol. The number of nitrogens with two attached hydrogens (primary N) is 1. The van der Waals surface area contributed by atoms with E-state index in [1.165, 1.54) is 18.5 Å². The number of pyridine rings is 1. The number of amides is 2. The third-order valence-corrected chi connectivity index (χ3v) is 6.77. The summed E-state index contributed by atoms with van der Waals surface area (Å²) in [4.78, 5) is 32.5. The van der Waals surface area contributed by atoms with Crippen molar-refractivity contribution in [3.05, 3.63) is 125 Å². The second kappa shape index (κ2) is 11.4. The van der Waals surface area contributed by atoms with Crippen LogP contribution in [0, 0.1) is 11.6 Å². The molecule has 0 saturated heterocycles. The number of carbonyl (C=O) groups excluding carboxylic acids is 2. The molecule has 42 heavy (non-hydrogen) atoms. The molecular formula is C31H23F5N4O2. The average Bonchev–Trinajstić information content (AvgIpc) is 3.33. The summed E-state index contributed by atoms with van der Waals surface area (Å²) >= 11 is 0. The number of fused-ring (bicyclic) bond motifs is 1. The molecule has 2 amide bonds. The molecule has 2 heterocycles. The van der Waals surface area contributed by atoms with Gasteiger partial charge in [0.2, 0.25) is 11.8 Å². The number of hydrogen-bond donors (Lipinski definition) is 3. The Hall–Kier alpha value is -5.06. The summed E-state index contributed by atoms with van der Waals surface area (Å²) in [7, 11) is 0. The number of H-pyrrole nitrogens is 1. The smallest absolute Gasteiger partial charge is 0.366 e. The lowest BCUT2D eigenvalue weighted by Crippen LogP contribution is -2.32. The summed E-state index contributed by atoms with van der Waals surface area (Å²) in [6.45, 7) is 0. The highest BCUT2D eigenvalue weighted by molar-refractivity contribution is 5.94. The van der Waals surface area contributed by atoms with Crippen LogP contribution < -0.4 is 11.1 Å². The van der Waals surface area contributed by atoms with E-state index in [2.05, 4.69) is 15.3 Å². The van der Waals surface area contributed by atoms with E-state index in [0.29, 0.717) is 27.9 Å². The van der Waals surface area contributed by atoms with Gasteiger partial charge in [-0.05, 0) is 71.6 Å². The number of halogens is 5. The van der Waals surface area contributed by atoms with Crippen LogP contribution in [0.1, 0.15) is 38.8 Å². The molecule has 4 N–H and O–H groups in total. The minimum atomic E-state index is -4.56. The van der Waals surface area contributed by atoms with Crippen molar-refractivity contribution in [2.45, 2.75) is 25.1 Å². The highest BCUT2D eigenvalue weighted by Gasteiger charge is 2.31. The SMILES string of the molecule is NC(=O)c1cccc(-c2cccnc2[C@H](Cc2cc(F)cc(F)c2)NC(=O)Cc2c[nH]c3ccc(C(F)(F)F)cc23)c1. The standard InChI is InChI=1S/C31H23F5N4O2/c32-22-9-17(10-23(33)15-22)11-27(29-24(5-2-8-38-29)18-3-1-4-19(12-18)30(37)42)40-28(41)13-20-16-39-26-7-6-21(14-25(20)26)31(34,35)36/h1-10,12,14-16,27,39H,11,13H2,(H2,37,42)(H,40,41)/t27-/m0/s1. The molecule has 6 nitrogen and oxygen atoms in total. The molecule has 5 aromatic rings. The summed E-state index contributed by atoms with van der Waals surface area (Å²) in [5.74, 6) is -2.80. The topological polar surface area (TPSA) is 101 Å². The number of primary amides is 1. The van der Waals surface area contributed by atoms with Gasteiger partial charge < -0.3 is 16.0 Å². The van der Waals surface area contributed by atoms with Gasteiger partial charge in [-0.15, -0.1) is 0 Å². The van der Waals surface area contributed by atoms with Crippen LogP contribution in [0.15, 0.2) is 85.2 Å². The molecule has 3 aromatic carbocycles. The Morgan fingerprint density at radius 2 is 1.71 bits per heavy atom. The molecule has 0 fully saturated rings. The lowest BCUT2D eigenvalue weighted by atomic mass is 9.94. The van der Waals surface area contributed by atoms with Gasteiger partial charge in [-0.25, -0.2) is 8.78 Å². The summed E-state index contributed by atoms with van der Waals surface area (Å²) in [6, 6.07) is 15.1. The number of hydrogen-bond acceptors (Lipinski definition) is 3. The molecule has 0 aliphatic carbocycles. The number of rotatable bonds is 8. The van der Waals surface area contributed by atoms with Crippen molar-refractivity contribution in [1.29, 1.82) is 0 Å². The van der Waals surface area contributed by atoms with E-state index in [1.54, 1.807) is 36.4 Å². The Kier molecular flexibility index (Phi) is 7.75. The van der Waals surface area contributed by atoms with E-state index in [9.17, 15) is 31.5 Å². The van der Waals surface area contributed by atoms with Gasteiger partial charge in [-0.2, -0.15) is 13.2 Å². The summed E-state index contributed by atoms with van der Waals surface area (Å²) in [5, 5.41) is 3.08. The fourth-order valence-electron chi connectivity index (χ4n) is 4.88. The predicted octanol–water partition coefficient (Wildman–Crippen LogP) is 6.27.